The summed E-state index contributed by atoms with van der Waals surface area (Å²) < 4.78 is 11.8. The minimum atomic E-state index is -0.636. The molecule has 0 spiro atoms. The average molecular weight is 520 g/mol. The van der Waals surface area contributed by atoms with Crippen LogP contribution in [0.1, 0.15) is 58.4 Å². The highest BCUT2D eigenvalue weighted by molar-refractivity contribution is 9.10. The topological polar surface area (TPSA) is 80.8 Å². The van der Waals surface area contributed by atoms with Gasteiger partial charge in [0, 0.05) is 11.6 Å². The molecule has 2 amide bonds. The molecule has 7 nitrogen and oxygen atoms in total. The lowest BCUT2D eigenvalue weighted by molar-refractivity contribution is -0.121. The van der Waals surface area contributed by atoms with Gasteiger partial charge in [-0.1, -0.05) is 18.2 Å². The van der Waals surface area contributed by atoms with E-state index in [1.54, 1.807) is 17.0 Å². The van der Waals surface area contributed by atoms with Gasteiger partial charge in [0.1, 0.15) is 22.1 Å². The Balaban J connectivity index is 1.79. The highest BCUT2D eigenvalue weighted by Crippen LogP contribution is 2.62. The molecular weight excluding hydrogens is 486 g/mol. The molecule has 3 atom stereocenters. The lowest BCUT2D eigenvalue weighted by Gasteiger charge is -2.30. The number of rotatable bonds is 10. The molecule has 180 valence electrons. The van der Waals surface area contributed by atoms with Crippen LogP contribution >= 0.6 is 15.9 Å². The number of ether oxygens (including phenoxy) is 2. The highest BCUT2D eigenvalue weighted by Gasteiger charge is 2.67. The zero-order chi connectivity index (χ0) is 24.2. The number of anilines is 1. The fourth-order valence-electron chi connectivity index (χ4n) is 4.54. The van der Waals surface area contributed by atoms with Gasteiger partial charge in [-0.25, -0.2) is 9.78 Å². The number of hydrogen-bond acceptors (Lipinski definition) is 5. The molecule has 1 saturated carbocycles. The summed E-state index contributed by atoms with van der Waals surface area (Å²) in [7, 11) is 0. The number of nitrogens with one attached hydrogen (secondary N) is 1. The number of carbonyl (C=O) groups excluding carboxylic acids is 2. The van der Waals surface area contributed by atoms with Crippen LogP contribution in [-0.4, -0.2) is 46.2 Å². The van der Waals surface area contributed by atoms with Crippen molar-refractivity contribution in [2.24, 2.45) is 5.41 Å². The molecule has 2 fully saturated rings. The maximum Gasteiger partial charge on any atom is 0.411 e. The molecular formula is C25H34BrN3O4. The van der Waals surface area contributed by atoms with Crippen molar-refractivity contribution in [3.8, 4) is 0 Å². The number of allylic oxidation sites excluding steroid dienone is 1. The Morgan fingerprint density at radius 1 is 1.30 bits per heavy atom. The van der Waals surface area contributed by atoms with E-state index in [2.05, 4.69) is 39.4 Å². The predicted molar refractivity (Wildman–Crippen MR) is 132 cm³/mol. The molecule has 1 aliphatic carbocycles. The molecule has 8 heteroatoms. The Morgan fingerprint density at radius 2 is 2.06 bits per heavy atom. The fourth-order valence-corrected chi connectivity index (χ4v) is 4.85. The molecule has 1 N–H and O–H groups in total. The van der Waals surface area contributed by atoms with E-state index in [1.165, 1.54) is 0 Å². The molecule has 0 unspecified atom stereocenters. The molecule has 2 aliphatic rings. The summed E-state index contributed by atoms with van der Waals surface area (Å²) in [6.45, 7) is 13.6. The number of piperidine rings is 1. The van der Waals surface area contributed by atoms with E-state index < -0.39 is 17.7 Å². The highest BCUT2D eigenvalue weighted by atomic mass is 79.9. The third kappa shape index (κ3) is 6.23. The van der Waals surface area contributed by atoms with E-state index in [0.29, 0.717) is 23.4 Å². The monoisotopic (exact) mass is 519 g/mol. The first-order valence-corrected chi connectivity index (χ1v) is 12.2. The zero-order valence-corrected chi connectivity index (χ0v) is 21.3. The quantitative estimate of drug-likeness (QED) is 0.247. The Kier molecular flexibility index (Phi) is 8.00. The Hall–Kier alpha value is -2.19. The van der Waals surface area contributed by atoms with Crippen LogP contribution in [0.25, 0.3) is 0 Å². The summed E-state index contributed by atoms with van der Waals surface area (Å²) >= 11 is 3.37. The summed E-state index contributed by atoms with van der Waals surface area (Å²) in [5, 5.41) is 2.94. The third-order valence-electron chi connectivity index (χ3n) is 6.09. The first-order valence-electron chi connectivity index (χ1n) is 11.4. The van der Waals surface area contributed by atoms with Gasteiger partial charge in [-0.05, 0) is 80.3 Å². The molecule has 1 aliphatic heterocycles. The second kappa shape index (κ2) is 10.4. The number of fused-ring (bicyclic) bond motifs is 1. The lowest BCUT2D eigenvalue weighted by Crippen LogP contribution is -2.47. The number of carbonyl (C=O) groups is 2. The van der Waals surface area contributed by atoms with Crippen LogP contribution in [0, 0.1) is 5.41 Å². The first kappa shape index (κ1) is 25.4. The Morgan fingerprint density at radius 3 is 2.73 bits per heavy atom. The van der Waals surface area contributed by atoms with Gasteiger partial charge in [-0.15, -0.1) is 13.2 Å². The van der Waals surface area contributed by atoms with E-state index in [-0.39, 0.29) is 24.0 Å². The number of pyridine rings is 1. The van der Waals surface area contributed by atoms with Crippen LogP contribution in [0.3, 0.4) is 0 Å². The van der Waals surface area contributed by atoms with Gasteiger partial charge in [0.2, 0.25) is 5.91 Å². The van der Waals surface area contributed by atoms with Crippen LogP contribution in [0.4, 0.5) is 10.6 Å². The molecule has 0 aromatic carbocycles. The standard InChI is InChI=1S/C25H34BrN3O4/c1-6-8-9-12-25-14-18(29(19(25)15-25)23(31)33-24(3,4)5)22(30)28-21-17(16-32-13-7-2)10-11-20(26)27-21/h6-7,10-11,18-19H,1-2,8-9,12-16H2,3-5H3,(H,27,28,30)/t18-,19+,25-/m0/s1. The smallest absolute Gasteiger partial charge is 0.411 e. The number of aromatic nitrogens is 1. The lowest BCUT2D eigenvalue weighted by atomic mass is 9.93. The van der Waals surface area contributed by atoms with Gasteiger partial charge in [-0.3, -0.25) is 9.69 Å². The van der Waals surface area contributed by atoms with E-state index in [4.69, 9.17) is 9.47 Å². The number of likely N-dealkylation sites (tertiary alicyclic amines) is 1. The second-order valence-corrected chi connectivity index (χ2v) is 10.6. The SMILES string of the molecule is C=CCCC[C@@]12C[C@@H](C(=O)Nc3nc(Br)ccc3COCC=C)N(C(=O)OC(C)(C)C)[C@@H]1C2. The van der Waals surface area contributed by atoms with Crippen LogP contribution in [0.15, 0.2) is 42.0 Å². The van der Waals surface area contributed by atoms with Gasteiger partial charge >= 0.3 is 6.09 Å². The number of unbranched alkanes of at least 4 members (excludes halogenated alkanes) is 1. The van der Waals surface area contributed by atoms with Crippen molar-refractivity contribution in [3.05, 3.63) is 47.6 Å². The van der Waals surface area contributed by atoms with Crippen LogP contribution in [0.5, 0.6) is 0 Å². The summed E-state index contributed by atoms with van der Waals surface area (Å²) in [6, 6.07) is 3.07. The number of amides is 2. The number of hydrogen-bond donors (Lipinski definition) is 1. The van der Waals surface area contributed by atoms with E-state index >= 15 is 0 Å². The van der Waals surface area contributed by atoms with Gasteiger partial charge in [0.05, 0.1) is 13.2 Å². The summed E-state index contributed by atoms with van der Waals surface area (Å²) in [5.41, 5.74) is 0.0894. The van der Waals surface area contributed by atoms with Crippen molar-refractivity contribution in [2.45, 2.75) is 77.2 Å². The zero-order valence-electron chi connectivity index (χ0n) is 19.7. The van der Waals surface area contributed by atoms with Gasteiger partial charge in [-0.2, -0.15) is 0 Å². The summed E-state index contributed by atoms with van der Waals surface area (Å²) in [5.74, 6) is 0.163. The maximum absolute atomic E-state index is 13.4. The van der Waals surface area contributed by atoms with Gasteiger partial charge in [0.25, 0.3) is 0 Å². The molecule has 1 aromatic heterocycles. The van der Waals surface area contributed by atoms with E-state index in [9.17, 15) is 9.59 Å². The fraction of sp³-hybridized carbons (Fsp3) is 0.560. The van der Waals surface area contributed by atoms with Gasteiger partial charge < -0.3 is 14.8 Å². The minimum Gasteiger partial charge on any atom is -0.444 e. The van der Waals surface area contributed by atoms with Crippen LogP contribution in [-0.2, 0) is 20.9 Å². The average Bonchev–Trinajstić information content (AvgIpc) is 3.32. The molecule has 0 radical (unpaired) electrons. The second-order valence-electron chi connectivity index (χ2n) is 9.81. The molecule has 0 bridgehead atoms. The molecule has 2 heterocycles. The van der Waals surface area contributed by atoms with Crippen molar-refractivity contribution >= 4 is 33.7 Å². The predicted octanol–water partition coefficient (Wildman–Crippen LogP) is 5.61. The first-order chi connectivity index (χ1) is 15.6. The number of nitrogens with zero attached hydrogens (tertiary/aromatic N) is 2. The summed E-state index contributed by atoms with van der Waals surface area (Å²) in [4.78, 5) is 32.6. The van der Waals surface area contributed by atoms with Gasteiger partial charge in [0.15, 0.2) is 0 Å². The van der Waals surface area contributed by atoms with Crippen LogP contribution < -0.4 is 5.32 Å². The number of halogens is 1. The Labute approximate surface area is 204 Å². The molecule has 33 heavy (non-hydrogen) atoms. The molecule has 1 saturated heterocycles. The normalized spacial score (nSPS) is 23.6. The van der Waals surface area contributed by atoms with Crippen molar-refractivity contribution in [2.75, 3.05) is 11.9 Å². The van der Waals surface area contributed by atoms with Crippen molar-refractivity contribution in [1.82, 2.24) is 9.88 Å². The largest absolute Gasteiger partial charge is 0.444 e. The van der Waals surface area contributed by atoms with E-state index in [0.717, 1.165) is 31.2 Å². The van der Waals surface area contributed by atoms with Crippen LogP contribution in [0.2, 0.25) is 0 Å². The molecule has 1 aromatic rings. The Bertz CT molecular complexity index is 913. The molecule has 3 rings (SSSR count). The maximum atomic E-state index is 13.4. The van der Waals surface area contributed by atoms with Crippen molar-refractivity contribution < 1.29 is 19.1 Å². The van der Waals surface area contributed by atoms with E-state index in [1.807, 2.05) is 32.9 Å². The summed E-state index contributed by atoms with van der Waals surface area (Å²) in [6.07, 6.45) is 7.55. The van der Waals surface area contributed by atoms with Crippen molar-refractivity contribution in [3.63, 3.8) is 0 Å². The van der Waals surface area contributed by atoms with Crippen molar-refractivity contribution in [1.29, 1.82) is 0 Å². The third-order valence-corrected chi connectivity index (χ3v) is 6.53. The minimum absolute atomic E-state index is 0.0253.